The number of hydrogen-bond donors (Lipinski definition) is 0. The zero-order valence-corrected chi connectivity index (χ0v) is 10.9. The van der Waals surface area contributed by atoms with Crippen LogP contribution in [0.2, 0.25) is 0 Å². The van der Waals surface area contributed by atoms with Crippen molar-refractivity contribution in [3.8, 4) is 11.8 Å². The zero-order valence-electron chi connectivity index (χ0n) is 10.9. The van der Waals surface area contributed by atoms with Crippen LogP contribution in [-0.4, -0.2) is 31.1 Å². The SMILES string of the molecule is COc1ccnc(N2CC(CN=[N+]=[N-])CC2=O)c1C#N. The van der Waals surface area contributed by atoms with Crippen molar-refractivity contribution in [2.24, 2.45) is 11.0 Å². The number of anilines is 1. The highest BCUT2D eigenvalue weighted by Crippen LogP contribution is 2.30. The summed E-state index contributed by atoms with van der Waals surface area (Å²) in [5.74, 6) is 0.474. The predicted molar refractivity (Wildman–Crippen MR) is 70.0 cm³/mol. The second kappa shape index (κ2) is 5.91. The van der Waals surface area contributed by atoms with Crippen molar-refractivity contribution in [3.63, 3.8) is 0 Å². The van der Waals surface area contributed by atoms with Gasteiger partial charge in [0, 0.05) is 30.6 Å². The fourth-order valence-electron chi connectivity index (χ4n) is 2.17. The maximum Gasteiger partial charge on any atom is 0.228 e. The highest BCUT2D eigenvalue weighted by atomic mass is 16.5. The van der Waals surface area contributed by atoms with Crippen molar-refractivity contribution in [1.82, 2.24) is 4.98 Å². The summed E-state index contributed by atoms with van der Waals surface area (Å²) in [6.07, 6.45) is 1.77. The smallest absolute Gasteiger partial charge is 0.228 e. The molecule has 0 bridgehead atoms. The first kappa shape index (κ1) is 13.6. The topological polar surface area (TPSA) is 115 Å². The molecule has 20 heavy (non-hydrogen) atoms. The highest BCUT2D eigenvalue weighted by molar-refractivity contribution is 5.96. The fourth-order valence-corrected chi connectivity index (χ4v) is 2.17. The van der Waals surface area contributed by atoms with Crippen molar-refractivity contribution < 1.29 is 9.53 Å². The second-order valence-corrected chi connectivity index (χ2v) is 4.31. The summed E-state index contributed by atoms with van der Waals surface area (Å²) < 4.78 is 5.10. The summed E-state index contributed by atoms with van der Waals surface area (Å²) in [6, 6.07) is 3.58. The van der Waals surface area contributed by atoms with E-state index in [1.807, 2.05) is 6.07 Å². The first-order chi connectivity index (χ1) is 9.71. The number of methoxy groups -OCH3 is 1. The van der Waals surface area contributed by atoms with Gasteiger partial charge < -0.3 is 4.74 Å². The number of rotatable bonds is 4. The molecule has 1 saturated heterocycles. The lowest BCUT2D eigenvalue weighted by atomic mass is 10.1. The van der Waals surface area contributed by atoms with Crippen molar-refractivity contribution in [2.45, 2.75) is 6.42 Å². The van der Waals surface area contributed by atoms with Gasteiger partial charge in [0.25, 0.3) is 0 Å². The van der Waals surface area contributed by atoms with Crippen molar-refractivity contribution in [3.05, 3.63) is 28.3 Å². The van der Waals surface area contributed by atoms with E-state index in [2.05, 4.69) is 15.0 Å². The van der Waals surface area contributed by atoms with Crippen LogP contribution >= 0.6 is 0 Å². The molecular formula is C12H12N6O2. The third-order valence-electron chi connectivity index (χ3n) is 3.09. The summed E-state index contributed by atoms with van der Waals surface area (Å²) in [6.45, 7) is 0.636. The van der Waals surface area contributed by atoms with Gasteiger partial charge in [0.15, 0.2) is 5.82 Å². The lowest BCUT2D eigenvalue weighted by molar-refractivity contribution is -0.117. The number of aromatic nitrogens is 1. The Bertz CT molecular complexity index is 617. The van der Waals surface area contributed by atoms with Crippen LogP contribution in [0.3, 0.4) is 0 Å². The summed E-state index contributed by atoms with van der Waals surface area (Å²) in [7, 11) is 1.45. The molecule has 102 valence electrons. The van der Waals surface area contributed by atoms with Gasteiger partial charge in [-0.05, 0) is 17.5 Å². The van der Waals surface area contributed by atoms with Gasteiger partial charge in [-0.25, -0.2) is 4.98 Å². The van der Waals surface area contributed by atoms with Gasteiger partial charge in [-0.15, -0.1) is 0 Å². The Balaban J connectivity index is 2.31. The molecule has 0 aromatic carbocycles. The van der Waals surface area contributed by atoms with Crippen LogP contribution in [0, 0.1) is 17.2 Å². The number of amides is 1. The van der Waals surface area contributed by atoms with Gasteiger partial charge in [-0.3, -0.25) is 9.69 Å². The monoisotopic (exact) mass is 272 g/mol. The van der Waals surface area contributed by atoms with Gasteiger partial charge in [-0.1, -0.05) is 5.11 Å². The van der Waals surface area contributed by atoms with Gasteiger partial charge in [0.2, 0.25) is 5.91 Å². The van der Waals surface area contributed by atoms with Gasteiger partial charge in [0.05, 0.1) is 7.11 Å². The van der Waals surface area contributed by atoms with Gasteiger partial charge in [0.1, 0.15) is 17.4 Å². The number of pyridine rings is 1. The summed E-state index contributed by atoms with van der Waals surface area (Å²) >= 11 is 0. The number of hydrogen-bond acceptors (Lipinski definition) is 5. The van der Waals surface area contributed by atoms with Crippen LogP contribution in [-0.2, 0) is 4.79 Å². The molecule has 1 amide bonds. The predicted octanol–water partition coefficient (Wildman–Crippen LogP) is 1.63. The number of nitriles is 1. The molecule has 0 aliphatic carbocycles. The van der Waals surface area contributed by atoms with E-state index < -0.39 is 0 Å². The Labute approximate surface area is 115 Å². The Morgan fingerprint density at radius 1 is 1.75 bits per heavy atom. The van der Waals surface area contributed by atoms with E-state index in [0.717, 1.165) is 0 Å². The lowest BCUT2D eigenvalue weighted by Crippen LogP contribution is -2.26. The maximum absolute atomic E-state index is 12.0. The quantitative estimate of drug-likeness (QED) is 0.470. The number of nitrogens with zero attached hydrogens (tertiary/aromatic N) is 6. The Hall–Kier alpha value is -2.78. The average molecular weight is 272 g/mol. The largest absolute Gasteiger partial charge is 0.495 e. The van der Waals surface area contributed by atoms with Crippen LogP contribution < -0.4 is 9.64 Å². The molecule has 8 heteroatoms. The number of azide groups is 1. The molecule has 1 aromatic heterocycles. The first-order valence-corrected chi connectivity index (χ1v) is 5.95. The Kier molecular flexibility index (Phi) is 4.03. The summed E-state index contributed by atoms with van der Waals surface area (Å²) in [4.78, 5) is 20.3. The molecule has 0 spiro atoms. The Morgan fingerprint density at radius 3 is 3.20 bits per heavy atom. The van der Waals surface area contributed by atoms with E-state index in [9.17, 15) is 10.1 Å². The minimum atomic E-state index is -0.139. The van der Waals surface area contributed by atoms with E-state index in [0.29, 0.717) is 18.1 Å². The highest BCUT2D eigenvalue weighted by Gasteiger charge is 2.33. The molecule has 1 aliphatic heterocycles. The molecule has 0 radical (unpaired) electrons. The summed E-state index contributed by atoms with van der Waals surface area (Å²) in [5.41, 5.74) is 8.54. The second-order valence-electron chi connectivity index (χ2n) is 4.31. The molecule has 1 aliphatic rings. The van der Waals surface area contributed by atoms with Crippen LogP contribution in [0.1, 0.15) is 12.0 Å². The van der Waals surface area contributed by atoms with E-state index in [1.54, 1.807) is 6.07 Å². The average Bonchev–Trinajstić information content (AvgIpc) is 2.84. The maximum atomic E-state index is 12.0. The zero-order chi connectivity index (χ0) is 14.5. The van der Waals surface area contributed by atoms with Crippen molar-refractivity contribution in [2.75, 3.05) is 25.1 Å². The Morgan fingerprint density at radius 2 is 2.55 bits per heavy atom. The van der Waals surface area contributed by atoms with Crippen LogP contribution in [0.25, 0.3) is 10.4 Å². The van der Waals surface area contributed by atoms with E-state index in [1.165, 1.54) is 18.2 Å². The number of carbonyl (C=O) groups is 1. The molecule has 0 saturated carbocycles. The van der Waals surface area contributed by atoms with Gasteiger partial charge in [-0.2, -0.15) is 5.26 Å². The van der Waals surface area contributed by atoms with Crippen LogP contribution in [0.15, 0.2) is 17.4 Å². The van der Waals surface area contributed by atoms with Crippen molar-refractivity contribution >= 4 is 11.7 Å². The standard InChI is InChI=1S/C12H12N6O2/c1-20-10-2-3-15-12(9(10)5-13)18-7-8(4-11(18)19)6-16-17-14/h2-3,8H,4,6-7H2,1H3. The molecule has 1 fully saturated rings. The van der Waals surface area contributed by atoms with Crippen LogP contribution in [0.4, 0.5) is 5.82 Å². The number of carbonyl (C=O) groups excluding carboxylic acids is 1. The molecule has 2 heterocycles. The van der Waals surface area contributed by atoms with E-state index in [-0.39, 0.29) is 30.4 Å². The number of ether oxygens (including phenoxy) is 1. The minimum Gasteiger partial charge on any atom is -0.495 e. The van der Waals surface area contributed by atoms with Crippen molar-refractivity contribution in [1.29, 1.82) is 5.26 Å². The third kappa shape index (κ3) is 2.48. The molecular weight excluding hydrogens is 260 g/mol. The van der Waals surface area contributed by atoms with E-state index >= 15 is 0 Å². The molecule has 2 rings (SSSR count). The fraction of sp³-hybridized carbons (Fsp3) is 0.417. The lowest BCUT2D eigenvalue weighted by Gasteiger charge is -2.17. The molecule has 8 nitrogen and oxygen atoms in total. The minimum absolute atomic E-state index is 0.0575. The third-order valence-corrected chi connectivity index (χ3v) is 3.09. The molecule has 0 N–H and O–H groups in total. The molecule has 1 unspecified atom stereocenters. The first-order valence-electron chi connectivity index (χ1n) is 5.95. The van der Waals surface area contributed by atoms with Crippen LogP contribution in [0.5, 0.6) is 5.75 Å². The van der Waals surface area contributed by atoms with E-state index in [4.69, 9.17) is 10.3 Å². The molecule has 1 aromatic rings. The normalized spacial score (nSPS) is 17.5. The van der Waals surface area contributed by atoms with Gasteiger partial charge >= 0.3 is 0 Å². The summed E-state index contributed by atoms with van der Waals surface area (Å²) in [5, 5.41) is 12.7. The molecule has 1 atom stereocenters.